The molecule has 0 radical (unpaired) electrons. The van der Waals surface area contributed by atoms with Crippen molar-refractivity contribution >= 4 is 27.5 Å². The standard InChI is InChI=1S/C20H19BrN4O3/c1-14(2-3-15-4-6-16(21)7-5-15)22-20(26)19-12-13-24(23-19)17-8-10-18(11-9-17)25(27)28/h4-14H,2-3H2,1H3,(H,22,26). The number of nitrogens with zero attached hydrogens (tertiary/aromatic N) is 3. The quantitative estimate of drug-likeness (QED) is 0.436. The fourth-order valence-corrected chi connectivity index (χ4v) is 2.98. The van der Waals surface area contributed by atoms with Crippen LogP contribution in [0, 0.1) is 10.1 Å². The monoisotopic (exact) mass is 442 g/mol. The maximum Gasteiger partial charge on any atom is 0.271 e. The molecule has 1 atom stereocenters. The number of carbonyl (C=O) groups excluding carboxylic acids is 1. The maximum absolute atomic E-state index is 12.4. The van der Waals surface area contributed by atoms with E-state index in [1.165, 1.54) is 22.4 Å². The summed E-state index contributed by atoms with van der Waals surface area (Å²) < 4.78 is 2.56. The van der Waals surface area contributed by atoms with Crippen LogP contribution in [0.3, 0.4) is 0 Å². The lowest BCUT2D eigenvalue weighted by molar-refractivity contribution is -0.384. The lowest BCUT2D eigenvalue weighted by atomic mass is 10.1. The Morgan fingerprint density at radius 2 is 1.86 bits per heavy atom. The zero-order valence-electron chi connectivity index (χ0n) is 15.2. The Hall–Kier alpha value is -3.00. The van der Waals surface area contributed by atoms with Gasteiger partial charge in [0.25, 0.3) is 11.6 Å². The van der Waals surface area contributed by atoms with Crippen LogP contribution in [0.25, 0.3) is 5.69 Å². The third-order valence-electron chi connectivity index (χ3n) is 4.30. The van der Waals surface area contributed by atoms with Gasteiger partial charge in [0.15, 0.2) is 5.69 Å². The zero-order chi connectivity index (χ0) is 20.1. The number of aryl methyl sites for hydroxylation is 1. The molecule has 0 bridgehead atoms. The molecule has 0 aliphatic carbocycles. The van der Waals surface area contributed by atoms with Crippen LogP contribution in [0.5, 0.6) is 0 Å². The predicted molar refractivity (Wildman–Crippen MR) is 110 cm³/mol. The lowest BCUT2D eigenvalue weighted by Crippen LogP contribution is -2.33. The van der Waals surface area contributed by atoms with Crippen LogP contribution in [0.4, 0.5) is 5.69 Å². The number of carbonyl (C=O) groups is 1. The van der Waals surface area contributed by atoms with Crippen molar-refractivity contribution < 1.29 is 9.72 Å². The molecule has 1 N–H and O–H groups in total. The van der Waals surface area contributed by atoms with E-state index in [2.05, 4.69) is 38.5 Å². The van der Waals surface area contributed by atoms with Gasteiger partial charge in [-0.25, -0.2) is 4.68 Å². The molecule has 0 saturated heterocycles. The van der Waals surface area contributed by atoms with Gasteiger partial charge in [-0.1, -0.05) is 28.1 Å². The van der Waals surface area contributed by atoms with E-state index < -0.39 is 4.92 Å². The molecule has 0 aliphatic rings. The van der Waals surface area contributed by atoms with Gasteiger partial charge in [-0.3, -0.25) is 14.9 Å². The molecule has 144 valence electrons. The fourth-order valence-electron chi connectivity index (χ4n) is 2.72. The summed E-state index contributed by atoms with van der Waals surface area (Å²) in [4.78, 5) is 22.7. The van der Waals surface area contributed by atoms with Crippen LogP contribution in [-0.2, 0) is 6.42 Å². The molecular weight excluding hydrogens is 424 g/mol. The number of hydrogen-bond donors (Lipinski definition) is 1. The van der Waals surface area contributed by atoms with E-state index >= 15 is 0 Å². The molecule has 3 rings (SSSR count). The molecular formula is C20H19BrN4O3. The summed E-state index contributed by atoms with van der Waals surface area (Å²) >= 11 is 3.42. The summed E-state index contributed by atoms with van der Waals surface area (Å²) in [5.74, 6) is -0.246. The molecule has 7 nitrogen and oxygen atoms in total. The minimum Gasteiger partial charge on any atom is -0.348 e. The van der Waals surface area contributed by atoms with Crippen molar-refractivity contribution in [3.8, 4) is 5.69 Å². The molecule has 0 spiro atoms. The van der Waals surface area contributed by atoms with Crippen molar-refractivity contribution in [2.75, 3.05) is 0 Å². The summed E-state index contributed by atoms with van der Waals surface area (Å²) in [6.45, 7) is 1.96. The van der Waals surface area contributed by atoms with Gasteiger partial charge in [-0.15, -0.1) is 0 Å². The largest absolute Gasteiger partial charge is 0.348 e. The molecule has 28 heavy (non-hydrogen) atoms. The molecule has 1 amide bonds. The molecule has 1 heterocycles. The van der Waals surface area contributed by atoms with E-state index in [1.54, 1.807) is 24.4 Å². The molecule has 0 saturated carbocycles. The van der Waals surface area contributed by atoms with Crippen LogP contribution in [0.2, 0.25) is 0 Å². The Balaban J connectivity index is 1.57. The first-order chi connectivity index (χ1) is 13.4. The highest BCUT2D eigenvalue weighted by Gasteiger charge is 2.14. The van der Waals surface area contributed by atoms with Crippen molar-refractivity contribution in [3.05, 3.63) is 86.6 Å². The number of benzene rings is 2. The average Bonchev–Trinajstić information content (AvgIpc) is 3.18. The number of rotatable bonds is 7. The molecule has 0 aliphatic heterocycles. The van der Waals surface area contributed by atoms with Crippen LogP contribution in [-0.4, -0.2) is 26.7 Å². The first kappa shape index (κ1) is 19.8. The Kier molecular flexibility index (Phi) is 6.20. The number of nitrogens with one attached hydrogen (secondary N) is 1. The normalized spacial score (nSPS) is 11.8. The first-order valence-electron chi connectivity index (χ1n) is 8.78. The number of nitro groups is 1. The predicted octanol–water partition coefficient (Wildman–Crippen LogP) is 4.29. The van der Waals surface area contributed by atoms with Crippen molar-refractivity contribution in [3.63, 3.8) is 0 Å². The van der Waals surface area contributed by atoms with E-state index in [1.807, 2.05) is 19.1 Å². The van der Waals surface area contributed by atoms with Gasteiger partial charge < -0.3 is 5.32 Å². The van der Waals surface area contributed by atoms with Crippen molar-refractivity contribution in [2.24, 2.45) is 0 Å². The van der Waals surface area contributed by atoms with E-state index in [9.17, 15) is 14.9 Å². The van der Waals surface area contributed by atoms with Gasteiger partial charge in [0.05, 0.1) is 10.6 Å². The fraction of sp³-hybridized carbons (Fsp3) is 0.200. The summed E-state index contributed by atoms with van der Waals surface area (Å²) in [7, 11) is 0. The van der Waals surface area contributed by atoms with Gasteiger partial charge in [-0.05, 0) is 55.7 Å². The SMILES string of the molecule is CC(CCc1ccc(Br)cc1)NC(=O)c1ccn(-c2ccc([N+](=O)[O-])cc2)n1. The second-order valence-corrected chi connectivity index (χ2v) is 7.37. The van der Waals surface area contributed by atoms with Crippen LogP contribution in [0.15, 0.2) is 65.3 Å². The number of nitro benzene ring substituents is 1. The minimum absolute atomic E-state index is 0.000622. The van der Waals surface area contributed by atoms with E-state index in [-0.39, 0.29) is 17.6 Å². The summed E-state index contributed by atoms with van der Waals surface area (Å²) in [5.41, 5.74) is 2.17. The van der Waals surface area contributed by atoms with E-state index in [0.717, 1.165) is 17.3 Å². The number of halogens is 1. The Bertz CT molecular complexity index is 968. The number of amides is 1. The minimum atomic E-state index is -0.457. The topological polar surface area (TPSA) is 90.1 Å². The summed E-state index contributed by atoms with van der Waals surface area (Å²) in [5, 5.41) is 18.0. The number of aromatic nitrogens is 2. The van der Waals surface area contributed by atoms with Crippen molar-refractivity contribution in [1.82, 2.24) is 15.1 Å². The van der Waals surface area contributed by atoms with Crippen molar-refractivity contribution in [2.45, 2.75) is 25.8 Å². The van der Waals surface area contributed by atoms with Crippen LogP contribution >= 0.6 is 15.9 Å². The van der Waals surface area contributed by atoms with Gasteiger partial charge >= 0.3 is 0 Å². The average molecular weight is 443 g/mol. The third-order valence-corrected chi connectivity index (χ3v) is 4.83. The number of non-ortho nitro benzene ring substituents is 1. The highest BCUT2D eigenvalue weighted by atomic mass is 79.9. The molecule has 2 aromatic carbocycles. The summed E-state index contributed by atoms with van der Waals surface area (Å²) in [6.07, 6.45) is 3.34. The second kappa shape index (κ2) is 8.79. The smallest absolute Gasteiger partial charge is 0.271 e. The second-order valence-electron chi connectivity index (χ2n) is 6.46. The first-order valence-corrected chi connectivity index (χ1v) is 9.57. The van der Waals surface area contributed by atoms with Gasteiger partial charge in [0, 0.05) is 28.8 Å². The zero-order valence-corrected chi connectivity index (χ0v) is 16.8. The van der Waals surface area contributed by atoms with Crippen LogP contribution in [0.1, 0.15) is 29.4 Å². The van der Waals surface area contributed by atoms with E-state index in [0.29, 0.717) is 11.4 Å². The molecule has 8 heteroatoms. The Labute approximate surface area is 170 Å². The Morgan fingerprint density at radius 3 is 2.50 bits per heavy atom. The van der Waals surface area contributed by atoms with Gasteiger partial charge in [-0.2, -0.15) is 5.10 Å². The molecule has 3 aromatic rings. The lowest BCUT2D eigenvalue weighted by Gasteiger charge is -2.13. The van der Waals surface area contributed by atoms with Crippen molar-refractivity contribution in [1.29, 1.82) is 0 Å². The highest BCUT2D eigenvalue weighted by Crippen LogP contribution is 2.15. The number of hydrogen-bond acceptors (Lipinski definition) is 4. The van der Waals surface area contributed by atoms with E-state index in [4.69, 9.17) is 0 Å². The van der Waals surface area contributed by atoms with Gasteiger partial charge in [0.1, 0.15) is 0 Å². The Morgan fingerprint density at radius 1 is 1.18 bits per heavy atom. The molecule has 0 fully saturated rings. The summed E-state index contributed by atoms with van der Waals surface area (Å²) in [6, 6.07) is 15.7. The molecule has 1 unspecified atom stereocenters. The third kappa shape index (κ3) is 5.04. The van der Waals surface area contributed by atoms with Gasteiger partial charge in [0.2, 0.25) is 0 Å². The van der Waals surface area contributed by atoms with Crippen LogP contribution < -0.4 is 5.32 Å². The molecule has 1 aromatic heterocycles. The maximum atomic E-state index is 12.4. The highest BCUT2D eigenvalue weighted by molar-refractivity contribution is 9.10.